The van der Waals surface area contributed by atoms with Crippen molar-refractivity contribution in [3.05, 3.63) is 224 Å². The smallest absolute Gasteiger partial charge is 0.0620 e. The lowest BCUT2D eigenvalue weighted by Gasteiger charge is -2.11. The topological polar surface area (TPSA) is 14.3 Å². The van der Waals surface area contributed by atoms with Crippen LogP contribution in [-0.4, -0.2) is 13.5 Å². The number of nitrogens with zero attached hydrogens (tertiary/aromatic N) is 3. The Labute approximate surface area is 362 Å². The molecule has 0 saturated carbocycles. The van der Waals surface area contributed by atoms with Gasteiger partial charge in [-0.3, -0.25) is 0 Å². The summed E-state index contributed by atoms with van der Waals surface area (Å²) in [5.41, 5.74) is 18.2. The molecule has 0 N–H and O–H groups in total. The first-order valence-corrected chi connectivity index (χ1v) is 21.8. The van der Waals surface area contributed by atoms with Crippen molar-refractivity contribution in [1.82, 2.24) is 13.5 Å². The molecule has 0 aliphatic rings. The number of hydrogen-bond acceptors (Lipinski definition) is 0. The Morgan fingerprint density at radius 1 is 0.206 bits per heavy atom. The van der Waals surface area contributed by atoms with Crippen molar-refractivity contribution < 1.29 is 0 Å². The molecule has 0 aliphatic heterocycles. The molecule has 14 rings (SSSR count). The molecule has 0 unspecified atom stereocenters. The second-order valence-electron chi connectivity index (χ2n) is 16.9. The van der Waals surface area contributed by atoms with E-state index in [1.807, 2.05) is 0 Å². The van der Waals surface area contributed by atoms with Crippen LogP contribution in [0.3, 0.4) is 0 Å². The fourth-order valence-electron chi connectivity index (χ4n) is 10.7. The Hall–Kier alpha value is -8.40. The van der Waals surface area contributed by atoms with Crippen LogP contribution in [0.1, 0.15) is 0 Å². The molecule has 0 bridgehead atoms. The number of para-hydroxylation sites is 4. The molecule has 3 nitrogen and oxygen atoms in total. The van der Waals surface area contributed by atoms with Gasteiger partial charge < -0.3 is 13.5 Å². The van der Waals surface area contributed by atoms with Crippen molar-refractivity contribution in [2.24, 2.45) is 0 Å². The first-order valence-electron chi connectivity index (χ1n) is 21.8. The van der Waals surface area contributed by atoms with E-state index < -0.39 is 0 Å². The Bertz CT molecular complexity index is 4020. The van der Waals surface area contributed by atoms with Crippen molar-refractivity contribution >= 4 is 81.7 Å². The van der Waals surface area contributed by atoms with Crippen LogP contribution >= 0.6 is 0 Å². The monoisotopic (exact) mass is 799 g/mol. The number of benzene rings is 10. The van der Waals surface area contributed by atoms with E-state index in [4.69, 9.17) is 0 Å². The summed E-state index contributed by atoms with van der Waals surface area (Å²) < 4.78 is 7.26. The van der Waals surface area contributed by atoms with Gasteiger partial charge in [-0.2, -0.15) is 0 Å². The van der Waals surface area contributed by atoms with Gasteiger partial charge in [0.2, 0.25) is 0 Å². The molecule has 0 amide bonds. The Kier molecular flexibility index (Phi) is 7.11. The van der Waals surface area contributed by atoms with Crippen LogP contribution in [0, 0.1) is 0 Å². The molecule has 0 fully saturated rings. The molecule has 10 aromatic carbocycles. The molecule has 0 spiro atoms. The van der Waals surface area contributed by atoms with E-state index in [-0.39, 0.29) is 0 Å². The predicted molar refractivity (Wildman–Crippen MR) is 266 cm³/mol. The fraction of sp³-hybridized carbons (Fsp3) is 0. The zero-order valence-corrected chi connectivity index (χ0v) is 34.2. The van der Waals surface area contributed by atoms with Crippen molar-refractivity contribution in [1.29, 1.82) is 0 Å². The normalized spacial score (nSPS) is 12.1. The number of hydrogen-bond donors (Lipinski definition) is 0. The third kappa shape index (κ3) is 4.96. The zero-order valence-electron chi connectivity index (χ0n) is 34.2. The maximum absolute atomic E-state index is 2.44. The summed E-state index contributed by atoms with van der Waals surface area (Å²) in [5, 5.41) is 10.2. The Balaban J connectivity index is 0.864. The largest absolute Gasteiger partial charge is 0.309 e. The number of aromatic nitrogens is 3. The quantitative estimate of drug-likeness (QED) is 0.165. The van der Waals surface area contributed by atoms with Crippen molar-refractivity contribution in [3.63, 3.8) is 0 Å². The molecule has 4 aromatic heterocycles. The van der Waals surface area contributed by atoms with Gasteiger partial charge in [-0.15, -0.1) is 0 Å². The van der Waals surface area contributed by atoms with Gasteiger partial charge >= 0.3 is 0 Å². The van der Waals surface area contributed by atoms with Gasteiger partial charge in [-0.1, -0.05) is 140 Å². The van der Waals surface area contributed by atoms with Gasteiger partial charge in [-0.05, 0) is 118 Å². The first-order chi connectivity index (χ1) is 31.2. The molecule has 63 heavy (non-hydrogen) atoms. The standard InChI is InChI=1S/C60H37N3/c1-2-12-38(13-3-1)39-22-28-44(29-23-39)61-54-18-8-4-14-46(54)50-34-41(26-32-58(50)61)42-27-33-59-51(35-42)47-15-5-9-19-55(47)62(59)45-30-24-40(25-31-45)43-36-52-48-16-6-10-20-56(48)63-57-21-11-7-17-49(57)53(37-43)60(52)63/h1-37H. The average Bonchev–Trinajstić information content (AvgIpc) is 4.08. The minimum atomic E-state index is 1.15. The van der Waals surface area contributed by atoms with E-state index in [9.17, 15) is 0 Å². The molecule has 3 heteroatoms. The molecule has 0 radical (unpaired) electrons. The van der Waals surface area contributed by atoms with Crippen LogP contribution in [0.25, 0.3) is 126 Å². The van der Waals surface area contributed by atoms with Gasteiger partial charge in [0, 0.05) is 54.5 Å². The van der Waals surface area contributed by atoms with Gasteiger partial charge in [0.05, 0.1) is 38.6 Å². The lowest BCUT2D eigenvalue weighted by molar-refractivity contribution is 1.18. The van der Waals surface area contributed by atoms with E-state index in [1.54, 1.807) is 0 Å². The highest BCUT2D eigenvalue weighted by Crippen LogP contribution is 2.43. The second-order valence-corrected chi connectivity index (χ2v) is 16.9. The summed E-state index contributed by atoms with van der Waals surface area (Å²) >= 11 is 0. The summed E-state index contributed by atoms with van der Waals surface area (Å²) in [5.74, 6) is 0. The van der Waals surface area contributed by atoms with Gasteiger partial charge in [0.25, 0.3) is 0 Å². The molecule has 14 aromatic rings. The molecule has 0 atom stereocenters. The first kappa shape index (κ1) is 34.3. The maximum Gasteiger partial charge on any atom is 0.0620 e. The highest BCUT2D eigenvalue weighted by molar-refractivity contribution is 6.24. The van der Waals surface area contributed by atoms with Crippen LogP contribution in [0.15, 0.2) is 224 Å². The van der Waals surface area contributed by atoms with Crippen molar-refractivity contribution in [2.75, 3.05) is 0 Å². The molecule has 292 valence electrons. The van der Waals surface area contributed by atoms with E-state index in [1.165, 1.54) is 115 Å². The van der Waals surface area contributed by atoms with Gasteiger partial charge in [0.15, 0.2) is 0 Å². The SMILES string of the molecule is c1ccc(-c2ccc(-n3c4ccccc4c4cc(-c5ccc6c(c5)c5ccccc5n6-c5ccc(-c6cc7c8ccccc8n8c9ccccc9c(c6)c78)cc5)ccc43)cc2)cc1. The molecule has 0 aliphatic carbocycles. The second kappa shape index (κ2) is 13.1. The average molecular weight is 800 g/mol. The Morgan fingerprint density at radius 3 is 1.02 bits per heavy atom. The minimum Gasteiger partial charge on any atom is -0.309 e. The predicted octanol–water partition coefficient (Wildman–Crippen LogP) is 16.0. The fourth-order valence-corrected chi connectivity index (χ4v) is 10.7. The Morgan fingerprint density at radius 2 is 0.540 bits per heavy atom. The summed E-state index contributed by atoms with van der Waals surface area (Å²) in [6, 6.07) is 82.6. The van der Waals surface area contributed by atoms with Crippen molar-refractivity contribution in [2.45, 2.75) is 0 Å². The van der Waals surface area contributed by atoms with Crippen LogP contribution in [0.5, 0.6) is 0 Å². The minimum absolute atomic E-state index is 1.15. The summed E-state index contributed by atoms with van der Waals surface area (Å²) in [6.07, 6.45) is 0. The van der Waals surface area contributed by atoms with Crippen LogP contribution in [0.4, 0.5) is 0 Å². The van der Waals surface area contributed by atoms with Crippen LogP contribution < -0.4 is 0 Å². The third-order valence-electron chi connectivity index (χ3n) is 13.6. The van der Waals surface area contributed by atoms with Gasteiger partial charge in [0.1, 0.15) is 0 Å². The van der Waals surface area contributed by atoms with E-state index in [0.29, 0.717) is 0 Å². The maximum atomic E-state index is 2.44. The number of fused-ring (bicyclic) bond motifs is 12. The number of rotatable bonds is 5. The zero-order chi connectivity index (χ0) is 41.2. The highest BCUT2D eigenvalue weighted by atomic mass is 15.0. The molecular formula is C60H37N3. The summed E-state index contributed by atoms with van der Waals surface area (Å²) in [7, 11) is 0. The summed E-state index contributed by atoms with van der Waals surface area (Å²) in [4.78, 5) is 0. The van der Waals surface area contributed by atoms with E-state index in [0.717, 1.165) is 11.4 Å². The van der Waals surface area contributed by atoms with Gasteiger partial charge in [-0.25, -0.2) is 0 Å². The molecule has 4 heterocycles. The lowest BCUT2D eigenvalue weighted by atomic mass is 9.99. The lowest BCUT2D eigenvalue weighted by Crippen LogP contribution is -1.94. The van der Waals surface area contributed by atoms with E-state index in [2.05, 4.69) is 238 Å². The van der Waals surface area contributed by atoms with Crippen molar-refractivity contribution in [3.8, 4) is 44.8 Å². The van der Waals surface area contributed by atoms with Crippen LogP contribution in [0.2, 0.25) is 0 Å². The molecule has 0 saturated heterocycles. The highest BCUT2D eigenvalue weighted by Gasteiger charge is 2.20. The van der Waals surface area contributed by atoms with E-state index >= 15 is 0 Å². The third-order valence-corrected chi connectivity index (χ3v) is 13.6. The molecular weight excluding hydrogens is 763 g/mol. The summed E-state index contributed by atoms with van der Waals surface area (Å²) in [6.45, 7) is 0. The van der Waals surface area contributed by atoms with Crippen LogP contribution in [-0.2, 0) is 0 Å².